The summed E-state index contributed by atoms with van der Waals surface area (Å²) >= 11 is 1.69. The summed E-state index contributed by atoms with van der Waals surface area (Å²) in [6.07, 6.45) is 1.94. The van der Waals surface area contributed by atoms with Crippen LogP contribution < -0.4 is 10.6 Å². The highest BCUT2D eigenvalue weighted by Gasteiger charge is 2.20. The number of aromatic nitrogens is 1. The van der Waals surface area contributed by atoms with E-state index in [4.69, 9.17) is 0 Å². The number of nitrogens with one attached hydrogen (secondary N) is 2. The van der Waals surface area contributed by atoms with Gasteiger partial charge in [0.2, 0.25) is 0 Å². The van der Waals surface area contributed by atoms with Crippen molar-refractivity contribution in [2.75, 3.05) is 20.1 Å². The van der Waals surface area contributed by atoms with Gasteiger partial charge in [0.05, 0.1) is 17.2 Å². The van der Waals surface area contributed by atoms with Crippen LogP contribution in [0.25, 0.3) is 0 Å². The van der Waals surface area contributed by atoms with Crippen molar-refractivity contribution in [2.24, 2.45) is 4.99 Å². The van der Waals surface area contributed by atoms with Gasteiger partial charge in [-0.15, -0.1) is 11.3 Å². The minimum Gasteiger partial charge on any atom is -0.354 e. The fraction of sp³-hybridized carbons (Fsp3) is 0.524. The highest BCUT2D eigenvalue weighted by molar-refractivity contribution is 7.09. The van der Waals surface area contributed by atoms with Gasteiger partial charge in [-0.1, -0.05) is 19.9 Å². The molecule has 2 heterocycles. The van der Waals surface area contributed by atoms with Gasteiger partial charge in [-0.2, -0.15) is 0 Å². The summed E-state index contributed by atoms with van der Waals surface area (Å²) in [6, 6.07) is 4.47. The molecule has 1 aliphatic heterocycles. The highest BCUT2D eigenvalue weighted by atomic mass is 32.1. The maximum atomic E-state index is 13.4. The lowest BCUT2D eigenvalue weighted by molar-refractivity contribution is 0.198. The number of aliphatic imine (C=N–C) groups is 1. The third kappa shape index (κ3) is 6.21. The Bertz CT molecular complexity index is 828. The molecule has 0 unspecified atom stereocenters. The second-order valence-electron chi connectivity index (χ2n) is 7.70. The number of nitrogens with zero attached hydrogens (tertiary/aromatic N) is 3. The van der Waals surface area contributed by atoms with Gasteiger partial charge >= 0.3 is 0 Å². The Morgan fingerprint density at radius 3 is 2.66 bits per heavy atom. The first-order valence-corrected chi connectivity index (χ1v) is 10.9. The standard InChI is InChI=1S/C21H29F2N5S/c1-14(2)20-26-17(13-29-20)11-25-21(24-3)27-16-6-8-28(9-7-16)12-15-4-5-18(22)19(23)10-15/h4-5,10,13-14,16H,6-9,11-12H2,1-3H3,(H2,24,25,27). The van der Waals surface area contributed by atoms with Gasteiger partial charge < -0.3 is 10.6 Å². The van der Waals surface area contributed by atoms with Crippen LogP contribution in [0.4, 0.5) is 8.78 Å². The summed E-state index contributed by atoms with van der Waals surface area (Å²) in [5, 5.41) is 10.1. The lowest BCUT2D eigenvalue weighted by atomic mass is 10.0. The van der Waals surface area contributed by atoms with Crippen LogP contribution in [0.3, 0.4) is 0 Å². The Labute approximate surface area is 175 Å². The first-order chi connectivity index (χ1) is 13.9. The van der Waals surface area contributed by atoms with E-state index in [-0.39, 0.29) is 0 Å². The van der Waals surface area contributed by atoms with Gasteiger partial charge in [0.1, 0.15) is 0 Å². The molecule has 0 amide bonds. The molecule has 1 aliphatic rings. The maximum absolute atomic E-state index is 13.4. The SMILES string of the molecule is CN=C(NCc1csc(C(C)C)n1)NC1CCN(Cc2ccc(F)c(F)c2)CC1. The quantitative estimate of drug-likeness (QED) is 0.549. The molecule has 0 aliphatic carbocycles. The van der Waals surface area contributed by atoms with E-state index in [0.29, 0.717) is 25.0 Å². The number of guanidine groups is 1. The second-order valence-corrected chi connectivity index (χ2v) is 8.59. The van der Waals surface area contributed by atoms with Crippen molar-refractivity contribution in [1.82, 2.24) is 20.5 Å². The molecule has 0 radical (unpaired) electrons. The summed E-state index contributed by atoms with van der Waals surface area (Å²) in [6.45, 7) is 7.39. The number of thiazole rings is 1. The lowest BCUT2D eigenvalue weighted by Gasteiger charge is -2.33. The summed E-state index contributed by atoms with van der Waals surface area (Å²) in [5.74, 6) is -0.353. The highest BCUT2D eigenvalue weighted by Crippen LogP contribution is 2.19. The molecule has 1 saturated heterocycles. The zero-order chi connectivity index (χ0) is 20.8. The van der Waals surface area contributed by atoms with Crippen LogP contribution >= 0.6 is 11.3 Å². The maximum Gasteiger partial charge on any atom is 0.191 e. The van der Waals surface area contributed by atoms with Gasteiger partial charge in [-0.05, 0) is 30.5 Å². The zero-order valence-corrected chi connectivity index (χ0v) is 18.0. The van der Waals surface area contributed by atoms with E-state index in [1.54, 1.807) is 24.5 Å². The molecule has 158 valence electrons. The van der Waals surface area contributed by atoms with Crippen molar-refractivity contribution in [3.05, 3.63) is 51.5 Å². The van der Waals surface area contributed by atoms with E-state index < -0.39 is 11.6 Å². The van der Waals surface area contributed by atoms with Gasteiger partial charge in [-0.25, -0.2) is 13.8 Å². The van der Waals surface area contributed by atoms with Gasteiger partial charge in [0.15, 0.2) is 17.6 Å². The molecular weight excluding hydrogens is 392 g/mol. The number of benzene rings is 1. The molecule has 0 bridgehead atoms. The Hall–Kier alpha value is -2.06. The largest absolute Gasteiger partial charge is 0.354 e. The molecule has 1 fully saturated rings. The summed E-state index contributed by atoms with van der Waals surface area (Å²) in [4.78, 5) is 11.2. The molecule has 2 aromatic rings. The average Bonchev–Trinajstić information content (AvgIpc) is 3.19. The lowest BCUT2D eigenvalue weighted by Crippen LogP contribution is -2.48. The molecule has 1 aromatic carbocycles. The monoisotopic (exact) mass is 421 g/mol. The van der Waals surface area contributed by atoms with E-state index in [1.165, 1.54) is 12.1 Å². The van der Waals surface area contributed by atoms with E-state index >= 15 is 0 Å². The van der Waals surface area contributed by atoms with Crippen LogP contribution in [0.5, 0.6) is 0 Å². The molecule has 5 nitrogen and oxygen atoms in total. The predicted molar refractivity (Wildman–Crippen MR) is 114 cm³/mol. The second kappa shape index (κ2) is 10.1. The Balaban J connectivity index is 1.43. The number of halogens is 2. The molecule has 2 N–H and O–H groups in total. The van der Waals surface area contributed by atoms with E-state index in [1.807, 2.05) is 0 Å². The molecule has 29 heavy (non-hydrogen) atoms. The van der Waals surface area contributed by atoms with E-state index in [2.05, 4.69) is 44.7 Å². The average molecular weight is 422 g/mol. The summed E-state index contributed by atoms with van der Waals surface area (Å²) in [7, 11) is 1.77. The van der Waals surface area contributed by atoms with E-state index in [9.17, 15) is 8.78 Å². The predicted octanol–water partition coefficient (Wildman–Crippen LogP) is 3.87. The number of hydrogen-bond donors (Lipinski definition) is 2. The van der Waals surface area contributed by atoms with Crippen molar-refractivity contribution >= 4 is 17.3 Å². The van der Waals surface area contributed by atoms with Crippen molar-refractivity contribution in [1.29, 1.82) is 0 Å². The van der Waals surface area contributed by atoms with Gasteiger partial charge in [0.25, 0.3) is 0 Å². The van der Waals surface area contributed by atoms with Crippen molar-refractivity contribution < 1.29 is 8.78 Å². The minimum absolute atomic E-state index is 0.337. The fourth-order valence-electron chi connectivity index (χ4n) is 3.36. The summed E-state index contributed by atoms with van der Waals surface area (Å²) < 4.78 is 26.5. The van der Waals surface area contributed by atoms with Crippen LogP contribution in [-0.2, 0) is 13.1 Å². The van der Waals surface area contributed by atoms with Crippen LogP contribution in [0.1, 0.15) is 48.9 Å². The first kappa shape index (κ1) is 21.6. The van der Waals surface area contributed by atoms with Crippen LogP contribution in [-0.4, -0.2) is 42.0 Å². The van der Waals surface area contributed by atoms with Crippen molar-refractivity contribution in [2.45, 2.75) is 51.7 Å². The minimum atomic E-state index is -0.798. The van der Waals surface area contributed by atoms with Crippen LogP contribution in [0.15, 0.2) is 28.6 Å². The molecule has 3 rings (SSSR count). The van der Waals surface area contributed by atoms with Gasteiger partial charge in [0, 0.05) is 44.0 Å². The molecule has 0 atom stereocenters. The Kier molecular flexibility index (Phi) is 7.55. The summed E-state index contributed by atoms with van der Waals surface area (Å²) in [5.41, 5.74) is 1.83. The Morgan fingerprint density at radius 2 is 2.03 bits per heavy atom. The normalized spacial score (nSPS) is 16.4. The van der Waals surface area contributed by atoms with Crippen molar-refractivity contribution in [3.8, 4) is 0 Å². The topological polar surface area (TPSA) is 52.6 Å². The molecule has 0 spiro atoms. The van der Waals surface area contributed by atoms with Crippen LogP contribution in [0, 0.1) is 11.6 Å². The number of piperidine rings is 1. The van der Waals surface area contributed by atoms with Crippen molar-refractivity contribution in [3.63, 3.8) is 0 Å². The van der Waals surface area contributed by atoms with Crippen LogP contribution in [0.2, 0.25) is 0 Å². The number of rotatable bonds is 6. The molecule has 1 aromatic heterocycles. The number of hydrogen-bond acceptors (Lipinski definition) is 4. The first-order valence-electron chi connectivity index (χ1n) is 10.0. The Morgan fingerprint density at radius 1 is 1.28 bits per heavy atom. The molecule has 0 saturated carbocycles. The molecular formula is C21H29F2N5S. The fourth-order valence-corrected chi connectivity index (χ4v) is 4.20. The van der Waals surface area contributed by atoms with Gasteiger partial charge in [-0.3, -0.25) is 9.89 Å². The number of likely N-dealkylation sites (tertiary alicyclic amines) is 1. The third-order valence-corrected chi connectivity index (χ3v) is 6.24. The smallest absolute Gasteiger partial charge is 0.191 e. The van der Waals surface area contributed by atoms with E-state index in [0.717, 1.165) is 48.2 Å². The molecule has 8 heteroatoms. The zero-order valence-electron chi connectivity index (χ0n) is 17.2. The third-order valence-electron chi connectivity index (χ3n) is 5.04.